The summed E-state index contributed by atoms with van der Waals surface area (Å²) < 4.78 is 3.20. The second kappa shape index (κ2) is 8.79. The number of benzene rings is 1. The highest BCUT2D eigenvalue weighted by molar-refractivity contribution is 9.10. The normalized spacial score (nSPS) is 12.0. The number of fused-ring (bicyclic) bond motifs is 3. The number of hydrogen-bond donors (Lipinski definition) is 2. The standard InChI is InChI=1S/C22H30BrN5O2/c1-5-8-17-26-18-19(15-10-9-14(23)13-16(15)25-20(18)24)27(17)11-6-7-12-28(21(29)30)22(2,3)4/h9-10,13H,5-8,11-12H2,1-4H3,(H2,24,25)(H,29,30). The van der Waals surface area contributed by atoms with E-state index in [-0.39, 0.29) is 0 Å². The zero-order valence-corrected chi connectivity index (χ0v) is 19.7. The van der Waals surface area contributed by atoms with Gasteiger partial charge in [-0.25, -0.2) is 14.8 Å². The first-order valence-electron chi connectivity index (χ1n) is 10.4. The van der Waals surface area contributed by atoms with Crippen LogP contribution in [-0.2, 0) is 13.0 Å². The summed E-state index contributed by atoms with van der Waals surface area (Å²) in [5.41, 5.74) is 8.44. The van der Waals surface area contributed by atoms with Crippen LogP contribution in [-0.4, -0.2) is 42.7 Å². The molecule has 3 aromatic rings. The monoisotopic (exact) mass is 475 g/mol. The lowest BCUT2D eigenvalue weighted by Crippen LogP contribution is -2.45. The third kappa shape index (κ3) is 4.53. The zero-order valence-electron chi connectivity index (χ0n) is 18.1. The molecule has 1 aromatic carbocycles. The van der Waals surface area contributed by atoms with Crippen LogP contribution in [0.1, 0.15) is 52.8 Å². The third-order valence-corrected chi connectivity index (χ3v) is 5.77. The maximum atomic E-state index is 11.6. The van der Waals surface area contributed by atoms with Crippen molar-refractivity contribution >= 4 is 49.8 Å². The fraction of sp³-hybridized carbons (Fsp3) is 0.500. The van der Waals surface area contributed by atoms with Crippen LogP contribution < -0.4 is 5.73 Å². The number of amides is 1. The lowest BCUT2D eigenvalue weighted by atomic mass is 10.1. The summed E-state index contributed by atoms with van der Waals surface area (Å²) in [7, 11) is 0. The van der Waals surface area contributed by atoms with Crippen molar-refractivity contribution in [2.75, 3.05) is 12.3 Å². The second-order valence-corrected chi connectivity index (χ2v) is 9.51. The van der Waals surface area contributed by atoms with Gasteiger partial charge in [0.05, 0.1) is 11.0 Å². The minimum absolute atomic E-state index is 0.412. The first kappa shape index (κ1) is 22.3. The number of aromatic nitrogens is 3. The topological polar surface area (TPSA) is 97.3 Å². The second-order valence-electron chi connectivity index (χ2n) is 8.60. The van der Waals surface area contributed by atoms with Crippen molar-refractivity contribution in [1.82, 2.24) is 19.4 Å². The average molecular weight is 476 g/mol. The van der Waals surface area contributed by atoms with Gasteiger partial charge in [0.1, 0.15) is 11.3 Å². The molecular weight excluding hydrogens is 446 g/mol. The van der Waals surface area contributed by atoms with E-state index in [4.69, 9.17) is 10.7 Å². The molecule has 162 valence electrons. The molecule has 2 aromatic heterocycles. The van der Waals surface area contributed by atoms with Gasteiger partial charge in [-0.3, -0.25) is 0 Å². The Hall–Kier alpha value is -2.35. The van der Waals surface area contributed by atoms with E-state index in [9.17, 15) is 9.90 Å². The fourth-order valence-corrected chi connectivity index (χ4v) is 4.19. The summed E-state index contributed by atoms with van der Waals surface area (Å²) in [5.74, 6) is 1.44. The number of carboxylic acid groups (broad SMARTS) is 1. The summed E-state index contributed by atoms with van der Waals surface area (Å²) in [6.07, 6.45) is 2.59. The number of nitrogen functional groups attached to an aromatic ring is 1. The van der Waals surface area contributed by atoms with Gasteiger partial charge in [0.25, 0.3) is 0 Å². The van der Waals surface area contributed by atoms with Crippen LogP contribution in [0.5, 0.6) is 0 Å². The molecular formula is C22H30BrN5O2. The van der Waals surface area contributed by atoms with Crippen molar-refractivity contribution in [2.24, 2.45) is 0 Å². The van der Waals surface area contributed by atoms with Gasteiger partial charge >= 0.3 is 6.09 Å². The summed E-state index contributed by atoms with van der Waals surface area (Å²) in [6, 6.07) is 6.02. The van der Waals surface area contributed by atoms with E-state index in [1.54, 1.807) is 0 Å². The highest BCUT2D eigenvalue weighted by Gasteiger charge is 2.25. The lowest BCUT2D eigenvalue weighted by Gasteiger charge is -2.33. The van der Waals surface area contributed by atoms with E-state index >= 15 is 0 Å². The predicted molar refractivity (Wildman–Crippen MR) is 125 cm³/mol. The first-order valence-corrected chi connectivity index (χ1v) is 11.2. The largest absolute Gasteiger partial charge is 0.465 e. The molecule has 0 aliphatic heterocycles. The molecule has 2 heterocycles. The molecule has 8 heteroatoms. The molecule has 0 aliphatic carbocycles. The number of halogens is 1. The summed E-state index contributed by atoms with van der Waals surface area (Å²) in [5, 5.41) is 10.5. The molecule has 0 unspecified atom stereocenters. The van der Waals surface area contributed by atoms with E-state index in [0.29, 0.717) is 12.4 Å². The Balaban J connectivity index is 1.93. The summed E-state index contributed by atoms with van der Waals surface area (Å²) in [4.78, 5) is 22.4. The minimum atomic E-state index is -0.877. The average Bonchev–Trinajstić information content (AvgIpc) is 2.99. The molecule has 7 nitrogen and oxygen atoms in total. The van der Waals surface area contributed by atoms with Gasteiger partial charge < -0.3 is 20.3 Å². The molecule has 0 saturated heterocycles. The maximum Gasteiger partial charge on any atom is 0.407 e. The highest BCUT2D eigenvalue weighted by atomic mass is 79.9. The third-order valence-electron chi connectivity index (χ3n) is 5.27. The molecule has 0 spiro atoms. The number of rotatable bonds is 7. The summed E-state index contributed by atoms with van der Waals surface area (Å²) >= 11 is 3.51. The van der Waals surface area contributed by atoms with Crippen LogP contribution in [0, 0.1) is 0 Å². The molecule has 0 fully saturated rings. The quantitative estimate of drug-likeness (QED) is 0.443. The number of nitrogens with zero attached hydrogens (tertiary/aromatic N) is 4. The van der Waals surface area contributed by atoms with Crippen molar-refractivity contribution in [1.29, 1.82) is 0 Å². The van der Waals surface area contributed by atoms with Crippen molar-refractivity contribution in [2.45, 2.75) is 65.5 Å². The predicted octanol–water partition coefficient (Wildman–Crippen LogP) is 5.44. The van der Waals surface area contributed by atoms with Crippen LogP contribution in [0.3, 0.4) is 0 Å². The number of pyridine rings is 1. The number of hydrogen-bond acceptors (Lipinski definition) is 4. The van der Waals surface area contributed by atoms with Gasteiger partial charge in [-0.2, -0.15) is 0 Å². The molecule has 3 rings (SSSR count). The van der Waals surface area contributed by atoms with Gasteiger partial charge in [0, 0.05) is 34.9 Å². The fourth-order valence-electron chi connectivity index (χ4n) is 3.84. The van der Waals surface area contributed by atoms with Gasteiger partial charge in [-0.05, 0) is 58.2 Å². The lowest BCUT2D eigenvalue weighted by molar-refractivity contribution is 0.0989. The first-order chi connectivity index (χ1) is 14.1. The minimum Gasteiger partial charge on any atom is -0.465 e. The van der Waals surface area contributed by atoms with Gasteiger partial charge in [0.15, 0.2) is 5.82 Å². The van der Waals surface area contributed by atoms with Gasteiger partial charge in [0.2, 0.25) is 0 Å². The molecule has 0 bridgehead atoms. The number of nitrogens with two attached hydrogens (primary N) is 1. The van der Waals surface area contributed by atoms with E-state index in [2.05, 4.69) is 32.4 Å². The Morgan fingerprint density at radius 2 is 2.00 bits per heavy atom. The maximum absolute atomic E-state index is 11.6. The van der Waals surface area contributed by atoms with Crippen LogP contribution in [0.4, 0.5) is 10.6 Å². The Bertz CT molecular complexity index is 1070. The van der Waals surface area contributed by atoms with Crippen molar-refractivity contribution in [3.05, 3.63) is 28.5 Å². The Kier molecular flexibility index (Phi) is 6.55. The Labute approximate surface area is 185 Å². The number of anilines is 1. The van der Waals surface area contributed by atoms with Crippen molar-refractivity contribution in [3.63, 3.8) is 0 Å². The number of carbonyl (C=O) groups is 1. The van der Waals surface area contributed by atoms with E-state index < -0.39 is 11.6 Å². The van der Waals surface area contributed by atoms with Gasteiger partial charge in [-0.1, -0.05) is 22.9 Å². The molecule has 0 atom stereocenters. The molecule has 0 radical (unpaired) electrons. The SMILES string of the molecule is CCCc1nc2c(N)nc3cc(Br)ccc3c2n1CCCCN(C(=O)O)C(C)(C)C. The number of aryl methyl sites for hydroxylation is 2. The molecule has 1 amide bonds. The van der Waals surface area contributed by atoms with Crippen LogP contribution in [0.15, 0.2) is 22.7 Å². The van der Waals surface area contributed by atoms with Crippen LogP contribution in [0.25, 0.3) is 21.9 Å². The van der Waals surface area contributed by atoms with Crippen LogP contribution in [0.2, 0.25) is 0 Å². The number of imidazole rings is 1. The van der Waals surface area contributed by atoms with Crippen LogP contribution >= 0.6 is 15.9 Å². The highest BCUT2D eigenvalue weighted by Crippen LogP contribution is 2.31. The van der Waals surface area contributed by atoms with E-state index in [1.807, 2.05) is 39.0 Å². The van der Waals surface area contributed by atoms with Crippen molar-refractivity contribution in [3.8, 4) is 0 Å². The van der Waals surface area contributed by atoms with E-state index in [0.717, 1.165) is 64.5 Å². The van der Waals surface area contributed by atoms with E-state index in [1.165, 1.54) is 4.90 Å². The Morgan fingerprint density at radius 3 is 2.63 bits per heavy atom. The molecule has 3 N–H and O–H groups in total. The molecule has 30 heavy (non-hydrogen) atoms. The summed E-state index contributed by atoms with van der Waals surface area (Å²) in [6.45, 7) is 9.16. The smallest absolute Gasteiger partial charge is 0.407 e. The molecule has 0 saturated carbocycles. The number of unbranched alkanes of at least 4 members (excludes halogenated alkanes) is 1. The Morgan fingerprint density at radius 1 is 1.27 bits per heavy atom. The molecule has 0 aliphatic rings. The van der Waals surface area contributed by atoms with Gasteiger partial charge in [-0.15, -0.1) is 0 Å². The van der Waals surface area contributed by atoms with Crippen molar-refractivity contribution < 1.29 is 9.90 Å². The zero-order chi connectivity index (χ0) is 22.1.